The van der Waals surface area contributed by atoms with Gasteiger partial charge in [0.25, 0.3) is 0 Å². The van der Waals surface area contributed by atoms with Gasteiger partial charge in [-0.1, -0.05) is 23.7 Å². The van der Waals surface area contributed by atoms with Crippen LogP contribution in [0.15, 0.2) is 53.6 Å². The van der Waals surface area contributed by atoms with Crippen molar-refractivity contribution in [2.24, 2.45) is 0 Å². The molecule has 144 valence electrons. The van der Waals surface area contributed by atoms with Gasteiger partial charge in [-0.25, -0.2) is 14.3 Å². The summed E-state index contributed by atoms with van der Waals surface area (Å²) in [5.74, 6) is 0.612. The van der Waals surface area contributed by atoms with Crippen LogP contribution in [-0.4, -0.2) is 31.9 Å². The molecule has 0 unspecified atom stereocenters. The molecule has 1 aliphatic rings. The molecule has 0 aliphatic heterocycles. The Hall–Kier alpha value is -3.13. The minimum absolute atomic E-state index is 0.172. The third-order valence-electron chi connectivity index (χ3n) is 4.43. The van der Waals surface area contributed by atoms with Crippen molar-refractivity contribution in [3.8, 4) is 11.4 Å². The van der Waals surface area contributed by atoms with Gasteiger partial charge in [0, 0.05) is 30.5 Å². The van der Waals surface area contributed by atoms with E-state index in [1.54, 1.807) is 41.2 Å². The molecule has 1 aliphatic carbocycles. The highest BCUT2D eigenvalue weighted by molar-refractivity contribution is 6.33. The third kappa shape index (κ3) is 3.91. The highest BCUT2D eigenvalue weighted by atomic mass is 35.5. The first-order chi connectivity index (χ1) is 13.6. The number of carbonyl (C=O) groups excluding carboxylic acids is 1. The molecule has 0 atom stereocenters. The fourth-order valence-electron chi connectivity index (χ4n) is 2.92. The number of benzene rings is 1. The summed E-state index contributed by atoms with van der Waals surface area (Å²) in [6.45, 7) is 0.520. The van der Waals surface area contributed by atoms with E-state index in [2.05, 4.69) is 20.7 Å². The SMILES string of the molecule is O=C(NCCn1nc(-c2cccnc2)n(C2CC2)c1=O)Nc1ccccc1Cl. The third-order valence-corrected chi connectivity index (χ3v) is 4.76. The number of urea groups is 1. The van der Waals surface area contributed by atoms with Crippen LogP contribution in [0.5, 0.6) is 0 Å². The molecule has 9 heteroatoms. The zero-order valence-corrected chi connectivity index (χ0v) is 15.8. The van der Waals surface area contributed by atoms with Gasteiger partial charge >= 0.3 is 11.7 Å². The second-order valence-corrected chi connectivity index (χ2v) is 6.94. The summed E-state index contributed by atoms with van der Waals surface area (Å²) in [5, 5.41) is 10.3. The zero-order chi connectivity index (χ0) is 19.5. The number of nitrogens with one attached hydrogen (secondary N) is 2. The second kappa shape index (κ2) is 7.85. The lowest BCUT2D eigenvalue weighted by atomic mass is 10.3. The Morgan fingerprint density at radius 3 is 2.75 bits per heavy atom. The molecule has 2 amide bonds. The van der Waals surface area contributed by atoms with Crippen molar-refractivity contribution >= 4 is 23.3 Å². The highest BCUT2D eigenvalue weighted by Gasteiger charge is 2.30. The first kappa shape index (κ1) is 18.2. The molecule has 8 nitrogen and oxygen atoms in total. The summed E-state index contributed by atoms with van der Waals surface area (Å²) in [5.41, 5.74) is 1.15. The predicted octanol–water partition coefficient (Wildman–Crippen LogP) is 2.92. The lowest BCUT2D eigenvalue weighted by molar-refractivity contribution is 0.251. The number of anilines is 1. The number of amides is 2. The quantitative estimate of drug-likeness (QED) is 0.667. The van der Waals surface area contributed by atoms with Gasteiger partial charge in [0.1, 0.15) is 0 Å². The number of hydrogen-bond acceptors (Lipinski definition) is 4. The van der Waals surface area contributed by atoms with E-state index in [9.17, 15) is 9.59 Å². The van der Waals surface area contributed by atoms with Crippen LogP contribution in [0.1, 0.15) is 18.9 Å². The summed E-state index contributed by atoms with van der Waals surface area (Å²) in [7, 11) is 0. The summed E-state index contributed by atoms with van der Waals surface area (Å²) < 4.78 is 3.11. The maximum atomic E-state index is 12.8. The number of hydrogen-bond donors (Lipinski definition) is 2. The second-order valence-electron chi connectivity index (χ2n) is 6.53. The van der Waals surface area contributed by atoms with Gasteiger partial charge in [-0.2, -0.15) is 0 Å². The molecular formula is C19H19ClN6O2. The lowest BCUT2D eigenvalue weighted by Crippen LogP contribution is -2.34. The summed E-state index contributed by atoms with van der Waals surface area (Å²) >= 11 is 6.03. The van der Waals surface area contributed by atoms with Crippen LogP contribution in [-0.2, 0) is 6.54 Å². The molecule has 1 saturated carbocycles. The molecule has 0 bridgehead atoms. The number of halogens is 1. The van der Waals surface area contributed by atoms with Crippen molar-refractivity contribution in [2.75, 3.05) is 11.9 Å². The Morgan fingerprint density at radius 1 is 1.21 bits per heavy atom. The van der Waals surface area contributed by atoms with Crippen molar-refractivity contribution in [1.29, 1.82) is 0 Å². The number of pyridine rings is 1. The maximum Gasteiger partial charge on any atom is 0.346 e. The van der Waals surface area contributed by atoms with Crippen LogP contribution < -0.4 is 16.3 Å². The number of carbonyl (C=O) groups is 1. The Kier molecular flexibility index (Phi) is 5.12. The van der Waals surface area contributed by atoms with Gasteiger partial charge in [0.2, 0.25) is 0 Å². The molecule has 2 aromatic heterocycles. The monoisotopic (exact) mass is 398 g/mol. The fraction of sp³-hybridized carbons (Fsp3) is 0.263. The first-order valence-corrected chi connectivity index (χ1v) is 9.40. The molecule has 4 rings (SSSR count). The normalized spacial score (nSPS) is 13.3. The molecule has 2 heterocycles. The van der Waals surface area contributed by atoms with E-state index in [0.29, 0.717) is 16.5 Å². The highest BCUT2D eigenvalue weighted by Crippen LogP contribution is 2.36. The average Bonchev–Trinajstić information content (AvgIpc) is 3.48. The minimum Gasteiger partial charge on any atom is -0.336 e. The Bertz CT molecular complexity index is 1040. The van der Waals surface area contributed by atoms with Crippen LogP contribution in [0.4, 0.5) is 10.5 Å². The van der Waals surface area contributed by atoms with Gasteiger partial charge in [0.05, 0.1) is 17.3 Å². The van der Waals surface area contributed by atoms with Crippen molar-refractivity contribution < 1.29 is 4.79 Å². The van der Waals surface area contributed by atoms with Gasteiger partial charge in [0.15, 0.2) is 5.82 Å². The molecule has 1 fully saturated rings. The van der Waals surface area contributed by atoms with E-state index >= 15 is 0 Å². The van der Waals surface area contributed by atoms with Gasteiger partial charge in [-0.05, 0) is 37.1 Å². The molecule has 0 radical (unpaired) electrons. The van der Waals surface area contributed by atoms with E-state index < -0.39 is 6.03 Å². The number of aromatic nitrogens is 4. The van der Waals surface area contributed by atoms with Crippen LogP contribution in [0.25, 0.3) is 11.4 Å². The van der Waals surface area contributed by atoms with E-state index in [1.165, 1.54) is 4.68 Å². The largest absolute Gasteiger partial charge is 0.346 e. The Morgan fingerprint density at radius 2 is 2.04 bits per heavy atom. The van der Waals surface area contributed by atoms with Gasteiger partial charge in [-0.15, -0.1) is 5.10 Å². The first-order valence-electron chi connectivity index (χ1n) is 9.02. The van der Waals surface area contributed by atoms with Crippen molar-refractivity contribution in [1.82, 2.24) is 24.6 Å². The summed E-state index contributed by atoms with van der Waals surface area (Å²) in [4.78, 5) is 28.9. The Labute approximate surface area is 166 Å². The van der Waals surface area contributed by atoms with Crippen LogP contribution >= 0.6 is 11.6 Å². The predicted molar refractivity (Wildman–Crippen MR) is 106 cm³/mol. The molecule has 1 aromatic carbocycles. The Balaban J connectivity index is 1.43. The average molecular weight is 399 g/mol. The zero-order valence-electron chi connectivity index (χ0n) is 15.0. The van der Waals surface area contributed by atoms with E-state index in [4.69, 9.17) is 11.6 Å². The molecule has 0 saturated heterocycles. The van der Waals surface area contributed by atoms with Crippen molar-refractivity contribution in [2.45, 2.75) is 25.4 Å². The van der Waals surface area contributed by atoms with Crippen molar-refractivity contribution in [3.63, 3.8) is 0 Å². The molecule has 3 aromatic rings. The van der Waals surface area contributed by atoms with Crippen LogP contribution in [0.3, 0.4) is 0 Å². The summed E-state index contributed by atoms with van der Waals surface area (Å²) in [6, 6.07) is 10.5. The number of para-hydroxylation sites is 1. The summed E-state index contributed by atoms with van der Waals surface area (Å²) in [6.07, 6.45) is 5.32. The van der Waals surface area contributed by atoms with Crippen LogP contribution in [0.2, 0.25) is 5.02 Å². The molecular weight excluding hydrogens is 380 g/mol. The number of nitrogens with zero attached hydrogens (tertiary/aromatic N) is 4. The fourth-order valence-corrected chi connectivity index (χ4v) is 3.11. The van der Waals surface area contributed by atoms with Gasteiger partial charge < -0.3 is 10.6 Å². The van der Waals surface area contributed by atoms with Crippen LogP contribution in [0, 0.1) is 0 Å². The standard InChI is InChI=1S/C19H19ClN6O2/c20-15-5-1-2-6-16(15)23-18(27)22-10-11-25-19(28)26(14-7-8-14)17(24-25)13-4-3-9-21-12-13/h1-6,9,12,14H,7-8,10-11H2,(H2,22,23,27). The molecule has 0 spiro atoms. The smallest absolute Gasteiger partial charge is 0.336 e. The topological polar surface area (TPSA) is 93.8 Å². The van der Waals surface area contributed by atoms with E-state index in [-0.39, 0.29) is 24.8 Å². The molecule has 2 N–H and O–H groups in total. The van der Waals surface area contributed by atoms with Gasteiger partial charge in [-0.3, -0.25) is 9.55 Å². The maximum absolute atomic E-state index is 12.8. The van der Waals surface area contributed by atoms with E-state index in [1.807, 2.05) is 12.1 Å². The van der Waals surface area contributed by atoms with Crippen molar-refractivity contribution in [3.05, 3.63) is 64.3 Å². The minimum atomic E-state index is -0.393. The molecule has 28 heavy (non-hydrogen) atoms. The number of rotatable bonds is 6. The lowest BCUT2D eigenvalue weighted by Gasteiger charge is -2.08. The van der Waals surface area contributed by atoms with E-state index in [0.717, 1.165) is 18.4 Å².